The molecule has 0 aromatic heterocycles. The van der Waals surface area contributed by atoms with E-state index in [1.54, 1.807) is 33.4 Å². The van der Waals surface area contributed by atoms with Crippen molar-refractivity contribution in [1.82, 2.24) is 16.0 Å². The zero-order valence-electron chi connectivity index (χ0n) is 16.6. The summed E-state index contributed by atoms with van der Waals surface area (Å²) >= 11 is 3.35. The molecule has 0 bridgehead atoms. The highest BCUT2D eigenvalue weighted by Gasteiger charge is 2.07. The molecule has 2 aromatic carbocycles. The second-order valence-electron chi connectivity index (χ2n) is 5.79. The van der Waals surface area contributed by atoms with Crippen LogP contribution < -0.4 is 25.4 Å². The fraction of sp³-hybridized carbons (Fsp3) is 0.300. The predicted molar refractivity (Wildman–Crippen MR) is 130 cm³/mol. The highest BCUT2D eigenvalue weighted by atomic mass is 127. The zero-order valence-corrected chi connectivity index (χ0v) is 20.5. The second kappa shape index (κ2) is 13.3. The average molecular weight is 577 g/mol. The van der Waals surface area contributed by atoms with Gasteiger partial charge in [0.1, 0.15) is 11.5 Å². The van der Waals surface area contributed by atoms with Crippen molar-refractivity contribution in [2.45, 2.75) is 6.54 Å². The molecule has 0 saturated heterocycles. The molecule has 9 heteroatoms. The fourth-order valence-electron chi connectivity index (χ4n) is 2.46. The molecule has 1 amide bonds. The van der Waals surface area contributed by atoms with Gasteiger partial charge in [0.25, 0.3) is 5.91 Å². The highest BCUT2D eigenvalue weighted by Crippen LogP contribution is 2.24. The minimum Gasteiger partial charge on any atom is -0.497 e. The van der Waals surface area contributed by atoms with Gasteiger partial charge in [-0.3, -0.25) is 9.79 Å². The number of nitrogens with zero attached hydrogens (tertiary/aromatic N) is 1. The largest absolute Gasteiger partial charge is 0.497 e. The highest BCUT2D eigenvalue weighted by molar-refractivity contribution is 14.0. The van der Waals surface area contributed by atoms with Crippen LogP contribution in [0.4, 0.5) is 0 Å². The van der Waals surface area contributed by atoms with E-state index in [1.165, 1.54) is 0 Å². The van der Waals surface area contributed by atoms with E-state index in [1.807, 2.05) is 30.3 Å². The first kappa shape index (κ1) is 25.0. The number of hydrogen-bond acceptors (Lipinski definition) is 4. The Morgan fingerprint density at radius 1 is 1.00 bits per heavy atom. The van der Waals surface area contributed by atoms with Gasteiger partial charge in [-0.2, -0.15) is 0 Å². The third-order valence-electron chi connectivity index (χ3n) is 3.97. The summed E-state index contributed by atoms with van der Waals surface area (Å²) in [7, 11) is 4.94. The second-order valence-corrected chi connectivity index (χ2v) is 6.71. The number of ether oxygens (including phenoxy) is 2. The molecule has 0 radical (unpaired) electrons. The van der Waals surface area contributed by atoms with Crippen LogP contribution in [-0.2, 0) is 6.54 Å². The molecule has 0 saturated carbocycles. The Morgan fingerprint density at radius 3 is 2.31 bits per heavy atom. The van der Waals surface area contributed by atoms with Gasteiger partial charge >= 0.3 is 0 Å². The smallest absolute Gasteiger partial charge is 0.251 e. The minimum absolute atomic E-state index is 0. The van der Waals surface area contributed by atoms with Crippen molar-refractivity contribution in [2.75, 3.05) is 34.4 Å². The molecule has 0 heterocycles. The minimum atomic E-state index is -0.111. The molecule has 2 aromatic rings. The molecule has 0 fully saturated rings. The van der Waals surface area contributed by atoms with Crippen LogP contribution in [0.3, 0.4) is 0 Å². The maximum Gasteiger partial charge on any atom is 0.251 e. The molecule has 2 rings (SSSR count). The molecule has 0 atom stereocenters. The van der Waals surface area contributed by atoms with Crippen LogP contribution in [0, 0.1) is 0 Å². The van der Waals surface area contributed by atoms with Crippen LogP contribution in [0.1, 0.15) is 15.9 Å². The van der Waals surface area contributed by atoms with Crippen molar-refractivity contribution >= 4 is 51.8 Å². The number of guanidine groups is 1. The van der Waals surface area contributed by atoms with Crippen LogP contribution >= 0.6 is 39.9 Å². The van der Waals surface area contributed by atoms with E-state index in [0.29, 0.717) is 31.2 Å². The summed E-state index contributed by atoms with van der Waals surface area (Å²) < 4.78 is 11.5. The van der Waals surface area contributed by atoms with Crippen molar-refractivity contribution in [2.24, 2.45) is 4.99 Å². The van der Waals surface area contributed by atoms with Gasteiger partial charge in [0.2, 0.25) is 0 Å². The number of methoxy groups -OCH3 is 2. The summed E-state index contributed by atoms with van der Waals surface area (Å²) in [6.07, 6.45) is 0. The lowest BCUT2D eigenvalue weighted by Gasteiger charge is -2.14. The lowest BCUT2D eigenvalue weighted by molar-refractivity contribution is 0.0954. The number of halogens is 2. The van der Waals surface area contributed by atoms with Gasteiger partial charge in [0.15, 0.2) is 5.96 Å². The van der Waals surface area contributed by atoms with E-state index in [4.69, 9.17) is 9.47 Å². The van der Waals surface area contributed by atoms with Crippen LogP contribution in [0.2, 0.25) is 0 Å². The van der Waals surface area contributed by atoms with E-state index in [2.05, 4.69) is 36.9 Å². The number of hydrogen-bond donors (Lipinski definition) is 3. The van der Waals surface area contributed by atoms with E-state index in [9.17, 15) is 4.79 Å². The Labute approximate surface area is 196 Å². The number of rotatable bonds is 8. The van der Waals surface area contributed by atoms with E-state index < -0.39 is 0 Å². The maximum absolute atomic E-state index is 12.1. The molecule has 0 aliphatic rings. The van der Waals surface area contributed by atoms with Gasteiger partial charge < -0.3 is 25.4 Å². The number of benzene rings is 2. The summed E-state index contributed by atoms with van der Waals surface area (Å²) in [6.45, 7) is 1.56. The average Bonchev–Trinajstić information content (AvgIpc) is 2.73. The summed E-state index contributed by atoms with van der Waals surface area (Å²) in [5.74, 6) is 2.00. The number of aliphatic imine (C=N–C) groups is 1. The standard InChI is InChI=1S/C20H25BrN4O3.HI/c1-22-20(25-13-15-6-9-17(27-2)12-18(15)28-3)24-11-10-23-19(26)14-4-7-16(21)8-5-14;/h4-9,12H,10-11,13H2,1-3H3,(H,23,26)(H2,22,24,25);1H. The molecule has 0 aliphatic heterocycles. The van der Waals surface area contributed by atoms with Gasteiger partial charge in [-0.15, -0.1) is 24.0 Å². The first-order chi connectivity index (χ1) is 13.6. The third kappa shape index (κ3) is 8.09. The Morgan fingerprint density at radius 2 is 1.69 bits per heavy atom. The Hall–Kier alpha value is -2.01. The molecule has 3 N–H and O–H groups in total. The molecular weight excluding hydrogens is 551 g/mol. The van der Waals surface area contributed by atoms with Crippen molar-refractivity contribution in [3.8, 4) is 11.5 Å². The predicted octanol–water partition coefficient (Wildman–Crippen LogP) is 3.18. The van der Waals surface area contributed by atoms with Crippen molar-refractivity contribution < 1.29 is 14.3 Å². The van der Waals surface area contributed by atoms with Gasteiger partial charge in [0.05, 0.1) is 14.2 Å². The Bertz CT molecular complexity index is 816. The number of amides is 1. The molecule has 0 spiro atoms. The zero-order chi connectivity index (χ0) is 20.4. The van der Waals surface area contributed by atoms with E-state index >= 15 is 0 Å². The normalized spacial score (nSPS) is 10.6. The SMILES string of the molecule is CN=C(NCCNC(=O)c1ccc(Br)cc1)NCc1ccc(OC)cc1OC.I. The van der Waals surface area contributed by atoms with Crippen LogP contribution in [0.5, 0.6) is 11.5 Å². The molecular formula is C20H26BrIN4O3. The summed E-state index contributed by atoms with van der Waals surface area (Å²) in [5, 5.41) is 9.26. The first-order valence-corrected chi connectivity index (χ1v) is 9.56. The topological polar surface area (TPSA) is 84.0 Å². The number of nitrogens with one attached hydrogen (secondary N) is 3. The third-order valence-corrected chi connectivity index (χ3v) is 4.50. The lowest BCUT2D eigenvalue weighted by Crippen LogP contribution is -2.41. The van der Waals surface area contributed by atoms with Gasteiger partial charge in [0, 0.05) is 48.3 Å². The summed E-state index contributed by atoms with van der Waals surface area (Å²) in [4.78, 5) is 16.3. The van der Waals surface area contributed by atoms with E-state index in [0.717, 1.165) is 21.5 Å². The molecule has 7 nitrogen and oxygen atoms in total. The molecule has 0 aliphatic carbocycles. The quantitative estimate of drug-likeness (QED) is 0.195. The van der Waals surface area contributed by atoms with Crippen molar-refractivity contribution in [3.05, 3.63) is 58.1 Å². The van der Waals surface area contributed by atoms with Crippen LogP contribution in [0.15, 0.2) is 51.9 Å². The monoisotopic (exact) mass is 576 g/mol. The fourth-order valence-corrected chi connectivity index (χ4v) is 2.72. The molecule has 0 unspecified atom stereocenters. The number of carbonyl (C=O) groups is 1. The van der Waals surface area contributed by atoms with Gasteiger partial charge in [-0.1, -0.05) is 15.9 Å². The summed E-state index contributed by atoms with van der Waals surface area (Å²) in [6, 6.07) is 12.9. The lowest BCUT2D eigenvalue weighted by atomic mass is 10.2. The van der Waals surface area contributed by atoms with Crippen LogP contribution in [0.25, 0.3) is 0 Å². The molecule has 29 heavy (non-hydrogen) atoms. The molecule has 158 valence electrons. The Kier molecular flexibility index (Phi) is 11.4. The number of carbonyl (C=O) groups excluding carboxylic acids is 1. The van der Waals surface area contributed by atoms with Crippen molar-refractivity contribution in [1.29, 1.82) is 0 Å². The van der Waals surface area contributed by atoms with Gasteiger partial charge in [-0.25, -0.2) is 0 Å². The maximum atomic E-state index is 12.1. The van der Waals surface area contributed by atoms with Gasteiger partial charge in [-0.05, 0) is 36.4 Å². The summed E-state index contributed by atoms with van der Waals surface area (Å²) in [5.41, 5.74) is 1.60. The Balaban J connectivity index is 0.00000420. The van der Waals surface area contributed by atoms with Crippen LogP contribution in [-0.4, -0.2) is 46.2 Å². The van der Waals surface area contributed by atoms with Crippen molar-refractivity contribution in [3.63, 3.8) is 0 Å². The van der Waals surface area contributed by atoms with E-state index in [-0.39, 0.29) is 29.9 Å². The first-order valence-electron chi connectivity index (χ1n) is 8.76.